The zero-order chi connectivity index (χ0) is 25.9. The summed E-state index contributed by atoms with van der Waals surface area (Å²) in [5, 5.41) is 15.2. The van der Waals surface area contributed by atoms with Crippen LogP contribution in [0.2, 0.25) is 0 Å². The van der Waals surface area contributed by atoms with E-state index in [2.05, 4.69) is 10.2 Å². The molecule has 0 radical (unpaired) electrons. The number of aromatic nitrogens is 1. The van der Waals surface area contributed by atoms with Crippen LogP contribution in [0.5, 0.6) is 5.75 Å². The van der Waals surface area contributed by atoms with Crippen molar-refractivity contribution in [2.24, 2.45) is 0 Å². The smallest absolute Gasteiger partial charge is 0.258 e. The second-order valence-corrected chi connectivity index (χ2v) is 9.71. The lowest BCUT2D eigenvalue weighted by atomic mass is 9.96. The molecule has 3 aromatic carbocycles. The van der Waals surface area contributed by atoms with E-state index < -0.39 is 0 Å². The van der Waals surface area contributed by atoms with Crippen molar-refractivity contribution in [3.05, 3.63) is 89.1 Å². The number of phenols is 1. The highest BCUT2D eigenvalue weighted by Gasteiger charge is 2.29. The Morgan fingerprint density at radius 3 is 2.21 bits per heavy atom. The number of rotatable bonds is 7. The van der Waals surface area contributed by atoms with Gasteiger partial charge in [-0.3, -0.25) is 14.5 Å². The number of piperidine rings is 1. The summed E-state index contributed by atoms with van der Waals surface area (Å²) in [6.45, 7) is 6.07. The molecule has 6 nitrogen and oxygen atoms in total. The number of ketones is 1. The van der Waals surface area contributed by atoms with Crippen molar-refractivity contribution in [1.29, 1.82) is 0 Å². The first-order valence-corrected chi connectivity index (χ1v) is 13.1. The van der Waals surface area contributed by atoms with Crippen LogP contribution in [0, 0.1) is 6.92 Å². The van der Waals surface area contributed by atoms with Gasteiger partial charge in [-0.1, -0.05) is 49.7 Å². The molecule has 2 N–H and O–H groups in total. The number of amides is 1. The van der Waals surface area contributed by atoms with E-state index in [-0.39, 0.29) is 36.3 Å². The Morgan fingerprint density at radius 2 is 1.58 bits per heavy atom. The average molecular weight is 532 g/mol. The molecule has 1 aromatic heterocycles. The number of fused-ring (bicyclic) bond motifs is 1. The minimum absolute atomic E-state index is 0. The number of halogens is 1. The second-order valence-electron chi connectivity index (χ2n) is 9.71. The number of nitrogens with zero attached hydrogens (tertiary/aromatic N) is 2. The standard InChI is InChI=1S/C31H33N3O3.ClH/c1-3-27(35)24-19-26-29(25(30(24)36)20-33-17-11-6-12-18-33)28(31(37)32-22-13-7-4-8-14-22)21(2)34(26)23-15-9-5-10-16-23;/h4-5,7-10,13-16,19,36H,3,6,11-12,17-18,20H2,1-2H3,(H,32,37);1H. The lowest BCUT2D eigenvalue weighted by Crippen LogP contribution is -2.29. The summed E-state index contributed by atoms with van der Waals surface area (Å²) in [6, 6.07) is 21.0. The summed E-state index contributed by atoms with van der Waals surface area (Å²) in [7, 11) is 0. The van der Waals surface area contributed by atoms with Crippen LogP contribution >= 0.6 is 12.4 Å². The molecule has 0 unspecified atom stereocenters. The van der Waals surface area contributed by atoms with E-state index >= 15 is 0 Å². The van der Waals surface area contributed by atoms with E-state index in [1.807, 2.05) is 72.2 Å². The number of phenolic OH excluding ortho intramolecular Hbond substituents is 1. The average Bonchev–Trinajstić information content (AvgIpc) is 3.22. The molecule has 0 bridgehead atoms. The molecular weight excluding hydrogens is 498 g/mol. The molecule has 1 fully saturated rings. The van der Waals surface area contributed by atoms with Crippen molar-refractivity contribution in [1.82, 2.24) is 9.47 Å². The Bertz CT molecular complexity index is 1440. The molecule has 198 valence electrons. The normalized spacial score (nSPS) is 13.7. The van der Waals surface area contributed by atoms with Gasteiger partial charge in [0, 0.05) is 41.0 Å². The van der Waals surface area contributed by atoms with Gasteiger partial charge < -0.3 is 15.0 Å². The van der Waals surface area contributed by atoms with Gasteiger partial charge in [0.25, 0.3) is 5.91 Å². The van der Waals surface area contributed by atoms with Gasteiger partial charge >= 0.3 is 0 Å². The highest BCUT2D eigenvalue weighted by atomic mass is 35.5. The number of carbonyl (C=O) groups excluding carboxylic acids is 2. The maximum atomic E-state index is 13.8. The Kier molecular flexibility index (Phi) is 8.55. The van der Waals surface area contributed by atoms with E-state index in [9.17, 15) is 14.7 Å². The molecule has 2 heterocycles. The molecule has 1 amide bonds. The van der Waals surface area contributed by atoms with Crippen molar-refractivity contribution < 1.29 is 14.7 Å². The first-order chi connectivity index (χ1) is 18.0. The first-order valence-electron chi connectivity index (χ1n) is 13.1. The predicted molar refractivity (Wildman–Crippen MR) is 155 cm³/mol. The summed E-state index contributed by atoms with van der Waals surface area (Å²) >= 11 is 0. The third kappa shape index (κ3) is 5.19. The number of aromatic hydroxyl groups is 1. The molecule has 0 saturated carbocycles. The number of benzene rings is 3. The Balaban J connectivity index is 0.00000336. The molecule has 1 aliphatic heterocycles. The van der Waals surface area contributed by atoms with E-state index in [4.69, 9.17) is 0 Å². The quantitative estimate of drug-likeness (QED) is 0.254. The summed E-state index contributed by atoms with van der Waals surface area (Å²) in [5.74, 6) is -0.366. The van der Waals surface area contributed by atoms with Crippen LogP contribution in [0.15, 0.2) is 66.7 Å². The number of Topliss-reactive ketones (excluding diaryl/α,β-unsaturated/α-hetero) is 1. The lowest BCUT2D eigenvalue weighted by Gasteiger charge is -2.27. The maximum absolute atomic E-state index is 13.8. The van der Waals surface area contributed by atoms with Gasteiger partial charge in [-0.05, 0) is 63.2 Å². The Hall–Kier alpha value is -3.61. The minimum Gasteiger partial charge on any atom is -0.507 e. The maximum Gasteiger partial charge on any atom is 0.258 e. The van der Waals surface area contributed by atoms with Crippen molar-refractivity contribution in [2.45, 2.75) is 46.1 Å². The first kappa shape index (κ1) is 27.4. The second kappa shape index (κ2) is 11.8. The molecule has 1 aliphatic rings. The SMILES string of the molecule is CCC(=O)c1cc2c(c(CN3CCCCC3)c1O)c(C(=O)Nc1ccccc1)c(C)n2-c1ccccc1.Cl. The Morgan fingerprint density at radius 1 is 0.947 bits per heavy atom. The monoisotopic (exact) mass is 531 g/mol. The largest absolute Gasteiger partial charge is 0.507 e. The molecule has 4 aromatic rings. The van der Waals surface area contributed by atoms with E-state index in [0.717, 1.165) is 42.8 Å². The number of nitrogens with one attached hydrogen (secondary N) is 1. The number of carbonyl (C=O) groups is 2. The van der Waals surface area contributed by atoms with E-state index in [1.165, 1.54) is 6.42 Å². The highest BCUT2D eigenvalue weighted by molar-refractivity contribution is 6.17. The number of likely N-dealkylation sites (tertiary alicyclic amines) is 1. The van der Waals surface area contributed by atoms with Crippen molar-refractivity contribution in [3.8, 4) is 11.4 Å². The zero-order valence-electron chi connectivity index (χ0n) is 21.9. The molecule has 7 heteroatoms. The van der Waals surface area contributed by atoms with Crippen LogP contribution < -0.4 is 5.32 Å². The fraction of sp³-hybridized carbons (Fsp3) is 0.290. The molecule has 5 rings (SSSR count). The van der Waals surface area contributed by atoms with Gasteiger partial charge in [0.05, 0.1) is 16.6 Å². The fourth-order valence-electron chi connectivity index (χ4n) is 5.44. The van der Waals surface area contributed by atoms with Crippen LogP contribution in [-0.4, -0.2) is 39.4 Å². The third-order valence-electron chi connectivity index (χ3n) is 7.29. The van der Waals surface area contributed by atoms with Crippen LogP contribution in [0.3, 0.4) is 0 Å². The third-order valence-corrected chi connectivity index (χ3v) is 7.29. The number of hydrogen-bond donors (Lipinski definition) is 2. The minimum atomic E-state index is -0.239. The summed E-state index contributed by atoms with van der Waals surface area (Å²) in [6.07, 6.45) is 3.68. The van der Waals surface area contributed by atoms with Crippen LogP contribution in [-0.2, 0) is 6.54 Å². The molecule has 1 saturated heterocycles. The number of hydrogen-bond acceptors (Lipinski definition) is 4. The molecule has 0 spiro atoms. The summed E-state index contributed by atoms with van der Waals surface area (Å²) in [4.78, 5) is 29.1. The van der Waals surface area contributed by atoms with Crippen LogP contribution in [0.1, 0.15) is 64.6 Å². The van der Waals surface area contributed by atoms with Crippen molar-refractivity contribution in [2.75, 3.05) is 18.4 Å². The predicted octanol–water partition coefficient (Wildman–Crippen LogP) is 6.90. The lowest BCUT2D eigenvalue weighted by molar-refractivity contribution is 0.0984. The van der Waals surface area contributed by atoms with E-state index in [1.54, 1.807) is 13.0 Å². The van der Waals surface area contributed by atoms with Gasteiger partial charge in [0.15, 0.2) is 5.78 Å². The molecule has 0 aliphatic carbocycles. The van der Waals surface area contributed by atoms with Gasteiger partial charge in [-0.15, -0.1) is 12.4 Å². The van der Waals surface area contributed by atoms with Crippen molar-refractivity contribution >= 4 is 40.7 Å². The molecule has 38 heavy (non-hydrogen) atoms. The van der Waals surface area contributed by atoms with E-state index in [0.29, 0.717) is 34.3 Å². The Labute approximate surface area is 229 Å². The van der Waals surface area contributed by atoms with Gasteiger partial charge in [-0.25, -0.2) is 0 Å². The topological polar surface area (TPSA) is 74.6 Å². The number of anilines is 1. The van der Waals surface area contributed by atoms with Crippen LogP contribution in [0.25, 0.3) is 16.6 Å². The van der Waals surface area contributed by atoms with Gasteiger partial charge in [0.2, 0.25) is 0 Å². The van der Waals surface area contributed by atoms with Crippen LogP contribution in [0.4, 0.5) is 5.69 Å². The highest BCUT2D eigenvalue weighted by Crippen LogP contribution is 2.40. The van der Waals surface area contributed by atoms with Gasteiger partial charge in [-0.2, -0.15) is 0 Å². The molecule has 0 atom stereocenters. The summed E-state index contributed by atoms with van der Waals surface area (Å²) in [5.41, 5.74) is 4.58. The zero-order valence-corrected chi connectivity index (χ0v) is 22.7. The molecular formula is C31H34ClN3O3. The van der Waals surface area contributed by atoms with Crippen molar-refractivity contribution in [3.63, 3.8) is 0 Å². The number of para-hydroxylation sites is 2. The fourth-order valence-corrected chi connectivity index (χ4v) is 5.44. The summed E-state index contributed by atoms with van der Waals surface area (Å²) < 4.78 is 2.03. The van der Waals surface area contributed by atoms with Gasteiger partial charge in [0.1, 0.15) is 5.75 Å².